The van der Waals surface area contributed by atoms with Gasteiger partial charge in [0.1, 0.15) is 5.69 Å². The number of aromatic amines is 1. The Morgan fingerprint density at radius 3 is 2.70 bits per heavy atom. The fourth-order valence-corrected chi connectivity index (χ4v) is 5.76. The molecule has 1 saturated carbocycles. The van der Waals surface area contributed by atoms with E-state index in [-0.39, 0.29) is 11.5 Å². The van der Waals surface area contributed by atoms with Crippen LogP contribution >= 0.6 is 0 Å². The van der Waals surface area contributed by atoms with Gasteiger partial charge in [-0.15, -0.1) is 0 Å². The Morgan fingerprint density at radius 1 is 1.15 bits per heavy atom. The Morgan fingerprint density at radius 2 is 1.97 bits per heavy atom. The average Bonchev–Trinajstić information content (AvgIpc) is 3.35. The first-order valence-electron chi connectivity index (χ1n) is 12.2. The molecule has 2 N–H and O–H groups in total. The molecule has 2 fully saturated rings. The zero-order valence-electron chi connectivity index (χ0n) is 19.6. The van der Waals surface area contributed by atoms with Crippen LogP contribution in [0.25, 0.3) is 0 Å². The Labute approximate surface area is 195 Å². The molecule has 2 aromatic heterocycles. The van der Waals surface area contributed by atoms with Gasteiger partial charge < -0.3 is 20.1 Å². The van der Waals surface area contributed by atoms with Gasteiger partial charge >= 0.3 is 0 Å². The van der Waals surface area contributed by atoms with Crippen molar-refractivity contribution in [2.45, 2.75) is 44.1 Å². The fourth-order valence-electron chi connectivity index (χ4n) is 5.76. The van der Waals surface area contributed by atoms with E-state index in [4.69, 9.17) is 0 Å². The fraction of sp³-hybridized carbons (Fsp3) is 0.560. The highest BCUT2D eigenvalue weighted by Crippen LogP contribution is 2.38. The van der Waals surface area contributed by atoms with Crippen LogP contribution in [0.3, 0.4) is 0 Å². The van der Waals surface area contributed by atoms with Crippen LogP contribution in [0.1, 0.15) is 53.3 Å². The number of rotatable bonds is 4. The first kappa shape index (κ1) is 21.9. The zero-order valence-corrected chi connectivity index (χ0v) is 19.6. The SMILES string of the molecule is CNC(=O)c1ccc(N2CCN(C3CCC(c4cc5c(c(=O)[nH]4)CCCN5C)C3)CC2)cn1. The zero-order chi connectivity index (χ0) is 22.9. The molecule has 2 unspecified atom stereocenters. The monoisotopic (exact) mass is 450 g/mol. The molecule has 2 aromatic rings. The number of H-pyrrole nitrogens is 1. The van der Waals surface area contributed by atoms with Gasteiger partial charge in [-0.25, -0.2) is 4.98 Å². The van der Waals surface area contributed by atoms with Crippen LogP contribution in [-0.4, -0.2) is 73.6 Å². The largest absolute Gasteiger partial charge is 0.374 e. The van der Waals surface area contributed by atoms with E-state index in [0.29, 0.717) is 17.7 Å². The first-order valence-corrected chi connectivity index (χ1v) is 12.2. The van der Waals surface area contributed by atoms with Crippen LogP contribution in [0.4, 0.5) is 11.4 Å². The maximum absolute atomic E-state index is 12.7. The van der Waals surface area contributed by atoms with E-state index in [1.807, 2.05) is 6.07 Å². The van der Waals surface area contributed by atoms with Crippen molar-refractivity contribution in [1.82, 2.24) is 20.2 Å². The summed E-state index contributed by atoms with van der Waals surface area (Å²) in [6.45, 7) is 5.00. The summed E-state index contributed by atoms with van der Waals surface area (Å²) >= 11 is 0. The molecule has 1 saturated heterocycles. The van der Waals surface area contributed by atoms with E-state index >= 15 is 0 Å². The molecule has 2 atom stereocenters. The summed E-state index contributed by atoms with van der Waals surface area (Å²) in [6, 6.07) is 6.60. The molecule has 33 heavy (non-hydrogen) atoms. The lowest BCUT2D eigenvalue weighted by molar-refractivity contribution is 0.0958. The van der Waals surface area contributed by atoms with E-state index in [0.717, 1.165) is 81.0 Å². The molecule has 3 aliphatic rings. The summed E-state index contributed by atoms with van der Waals surface area (Å²) in [5.41, 5.74) is 4.84. The Kier molecular flexibility index (Phi) is 6.10. The molecule has 1 amide bonds. The lowest BCUT2D eigenvalue weighted by Gasteiger charge is -2.39. The van der Waals surface area contributed by atoms with Crippen LogP contribution in [0, 0.1) is 0 Å². The summed E-state index contributed by atoms with van der Waals surface area (Å²) in [5.74, 6) is 0.275. The third-order valence-corrected chi connectivity index (χ3v) is 7.71. The van der Waals surface area contributed by atoms with E-state index < -0.39 is 0 Å². The molecule has 8 nitrogen and oxygen atoms in total. The third kappa shape index (κ3) is 4.36. The van der Waals surface area contributed by atoms with Crippen LogP contribution in [0.5, 0.6) is 0 Å². The number of hydrogen-bond donors (Lipinski definition) is 2. The van der Waals surface area contributed by atoms with Crippen LogP contribution in [-0.2, 0) is 6.42 Å². The lowest BCUT2D eigenvalue weighted by Crippen LogP contribution is -2.49. The average molecular weight is 451 g/mol. The number of nitrogens with zero attached hydrogens (tertiary/aromatic N) is 4. The maximum Gasteiger partial charge on any atom is 0.269 e. The summed E-state index contributed by atoms with van der Waals surface area (Å²) in [7, 11) is 3.71. The van der Waals surface area contributed by atoms with Gasteiger partial charge in [0.15, 0.2) is 0 Å². The van der Waals surface area contributed by atoms with Gasteiger partial charge in [0.2, 0.25) is 0 Å². The second kappa shape index (κ2) is 9.17. The van der Waals surface area contributed by atoms with Crippen LogP contribution in [0.2, 0.25) is 0 Å². The number of anilines is 2. The molecule has 5 rings (SSSR count). The molecule has 2 aliphatic heterocycles. The predicted molar refractivity (Wildman–Crippen MR) is 130 cm³/mol. The van der Waals surface area contributed by atoms with Crippen molar-refractivity contribution in [2.75, 3.05) is 56.6 Å². The van der Waals surface area contributed by atoms with Gasteiger partial charge in [-0.3, -0.25) is 14.5 Å². The highest BCUT2D eigenvalue weighted by atomic mass is 16.1. The van der Waals surface area contributed by atoms with E-state index in [1.54, 1.807) is 19.3 Å². The molecule has 0 spiro atoms. The van der Waals surface area contributed by atoms with Crippen LogP contribution < -0.4 is 20.7 Å². The van der Waals surface area contributed by atoms with Crippen molar-refractivity contribution >= 4 is 17.3 Å². The third-order valence-electron chi connectivity index (χ3n) is 7.71. The van der Waals surface area contributed by atoms with E-state index in [2.05, 4.69) is 43.1 Å². The number of carbonyl (C=O) groups is 1. The Balaban J connectivity index is 1.19. The number of fused-ring (bicyclic) bond motifs is 1. The van der Waals surface area contributed by atoms with Crippen molar-refractivity contribution in [1.29, 1.82) is 0 Å². The molecule has 1 aliphatic carbocycles. The quantitative estimate of drug-likeness (QED) is 0.741. The van der Waals surface area contributed by atoms with Gasteiger partial charge in [0.25, 0.3) is 11.5 Å². The highest BCUT2D eigenvalue weighted by Gasteiger charge is 2.33. The van der Waals surface area contributed by atoms with Gasteiger partial charge in [-0.2, -0.15) is 0 Å². The minimum absolute atomic E-state index is 0.113. The van der Waals surface area contributed by atoms with Crippen molar-refractivity contribution in [3.05, 3.63) is 51.7 Å². The van der Waals surface area contributed by atoms with Crippen LogP contribution in [0.15, 0.2) is 29.2 Å². The number of pyridine rings is 2. The highest BCUT2D eigenvalue weighted by molar-refractivity contribution is 5.92. The molecular weight excluding hydrogens is 416 g/mol. The second-order valence-electron chi connectivity index (χ2n) is 9.61. The molecule has 0 aromatic carbocycles. The molecule has 0 bridgehead atoms. The topological polar surface area (TPSA) is 84.6 Å². The number of hydrogen-bond acceptors (Lipinski definition) is 6. The lowest BCUT2D eigenvalue weighted by atomic mass is 9.98. The first-order chi connectivity index (χ1) is 16.0. The van der Waals surface area contributed by atoms with Crippen molar-refractivity contribution in [3.8, 4) is 0 Å². The maximum atomic E-state index is 12.7. The number of piperazine rings is 1. The smallest absolute Gasteiger partial charge is 0.269 e. The summed E-state index contributed by atoms with van der Waals surface area (Å²) in [6.07, 6.45) is 7.17. The summed E-state index contributed by atoms with van der Waals surface area (Å²) < 4.78 is 0. The Hall–Kier alpha value is -2.87. The van der Waals surface area contributed by atoms with Gasteiger partial charge in [0, 0.05) is 75.7 Å². The standard InChI is InChI=1S/C25H34N6O2/c1-26-25(33)21-8-7-19(16-27-21)31-12-10-30(11-13-31)18-6-5-17(14-18)22-15-23-20(24(32)28-22)4-3-9-29(23)2/h7-8,15-18H,3-6,9-14H2,1-2H3,(H,26,33)(H,28,32). The van der Waals surface area contributed by atoms with Gasteiger partial charge in [0.05, 0.1) is 11.9 Å². The summed E-state index contributed by atoms with van der Waals surface area (Å²) in [4.78, 5) is 39.1. The second-order valence-corrected chi connectivity index (χ2v) is 9.61. The molecular formula is C25H34N6O2. The summed E-state index contributed by atoms with van der Waals surface area (Å²) in [5, 5.41) is 2.61. The molecule has 176 valence electrons. The van der Waals surface area contributed by atoms with E-state index in [9.17, 15) is 9.59 Å². The van der Waals surface area contributed by atoms with Gasteiger partial charge in [-0.1, -0.05) is 0 Å². The number of carbonyl (C=O) groups excluding carboxylic acids is 1. The van der Waals surface area contributed by atoms with Gasteiger partial charge in [-0.05, 0) is 50.3 Å². The normalized spacial score (nSPS) is 23.5. The Bertz CT molecular complexity index is 1060. The molecule has 4 heterocycles. The predicted octanol–water partition coefficient (Wildman–Crippen LogP) is 1.97. The number of amides is 1. The molecule has 8 heteroatoms. The number of aromatic nitrogens is 2. The minimum Gasteiger partial charge on any atom is -0.374 e. The van der Waals surface area contributed by atoms with Crippen molar-refractivity contribution in [2.24, 2.45) is 0 Å². The van der Waals surface area contributed by atoms with Crippen molar-refractivity contribution in [3.63, 3.8) is 0 Å². The number of nitrogens with one attached hydrogen (secondary N) is 2. The van der Waals surface area contributed by atoms with Crippen molar-refractivity contribution < 1.29 is 4.79 Å². The minimum atomic E-state index is -0.158. The van der Waals surface area contributed by atoms with E-state index in [1.165, 1.54) is 6.42 Å². The molecule has 0 radical (unpaired) electrons.